The first-order valence-corrected chi connectivity index (χ1v) is 8.92. The second-order valence-corrected chi connectivity index (χ2v) is 6.97. The second-order valence-electron chi connectivity index (χ2n) is 6.19. The van der Waals surface area contributed by atoms with E-state index in [1.807, 2.05) is 24.3 Å². The Balaban J connectivity index is 1.81. The highest BCUT2D eigenvalue weighted by atomic mass is 32.1. The van der Waals surface area contributed by atoms with Crippen LogP contribution in [-0.4, -0.2) is 7.05 Å². The van der Waals surface area contributed by atoms with Crippen LogP contribution in [0, 0.1) is 0 Å². The van der Waals surface area contributed by atoms with Gasteiger partial charge in [-0.05, 0) is 33.7 Å². The van der Waals surface area contributed by atoms with Gasteiger partial charge in [0.05, 0.1) is 7.05 Å². The van der Waals surface area contributed by atoms with Gasteiger partial charge in [0.1, 0.15) is 18.7 Å². The number of benzene rings is 2. The molecular formula is C20H18NO2S+. The lowest BCUT2D eigenvalue weighted by atomic mass is 10.0. The van der Waals surface area contributed by atoms with Gasteiger partial charge in [-0.2, -0.15) is 11.3 Å². The molecule has 120 valence electrons. The SMILES string of the molecule is C[NH+](Cc1ccsc1)Cc1cc(=O)oc2ccc3ccccc3c12. The molecule has 1 atom stereocenters. The summed E-state index contributed by atoms with van der Waals surface area (Å²) in [5, 5.41) is 7.63. The molecule has 4 rings (SSSR count). The summed E-state index contributed by atoms with van der Waals surface area (Å²) in [6, 6.07) is 15.9. The van der Waals surface area contributed by atoms with Gasteiger partial charge in [0.25, 0.3) is 0 Å². The summed E-state index contributed by atoms with van der Waals surface area (Å²) in [4.78, 5) is 13.3. The van der Waals surface area contributed by atoms with E-state index >= 15 is 0 Å². The van der Waals surface area contributed by atoms with Crippen LogP contribution in [0.3, 0.4) is 0 Å². The number of thiophene rings is 1. The molecule has 2 aromatic carbocycles. The van der Waals surface area contributed by atoms with Crippen molar-refractivity contribution in [2.75, 3.05) is 7.05 Å². The van der Waals surface area contributed by atoms with Crippen molar-refractivity contribution < 1.29 is 9.32 Å². The topological polar surface area (TPSA) is 34.7 Å². The Labute approximate surface area is 143 Å². The standard InChI is InChI=1S/C20H17NO2S/c1-21(11-14-8-9-24-13-14)12-16-10-19(22)23-18-7-6-15-4-2-3-5-17(15)20(16)18/h2-10,13H,11-12H2,1H3/p+1. The van der Waals surface area contributed by atoms with E-state index in [-0.39, 0.29) is 5.63 Å². The van der Waals surface area contributed by atoms with Gasteiger partial charge in [0, 0.05) is 22.6 Å². The number of quaternary nitrogens is 1. The highest BCUT2D eigenvalue weighted by Gasteiger charge is 2.13. The van der Waals surface area contributed by atoms with Crippen molar-refractivity contribution in [1.29, 1.82) is 0 Å². The Hall–Kier alpha value is -2.43. The van der Waals surface area contributed by atoms with Crippen molar-refractivity contribution in [2.24, 2.45) is 0 Å². The number of fused-ring (bicyclic) bond motifs is 3. The minimum absolute atomic E-state index is 0.281. The number of nitrogens with one attached hydrogen (secondary N) is 1. The van der Waals surface area contributed by atoms with Gasteiger partial charge in [0.2, 0.25) is 0 Å². The number of hydrogen-bond donors (Lipinski definition) is 1. The molecule has 0 spiro atoms. The molecule has 0 radical (unpaired) electrons. The molecule has 0 aliphatic carbocycles. The monoisotopic (exact) mass is 336 g/mol. The molecule has 1 unspecified atom stereocenters. The molecule has 4 heteroatoms. The first kappa shape index (κ1) is 15.1. The fraction of sp³-hybridized carbons (Fsp3) is 0.150. The maximum atomic E-state index is 12.0. The molecule has 2 aromatic heterocycles. The molecule has 0 amide bonds. The van der Waals surface area contributed by atoms with E-state index in [4.69, 9.17) is 4.42 Å². The summed E-state index contributed by atoms with van der Waals surface area (Å²) in [6.07, 6.45) is 0. The molecule has 24 heavy (non-hydrogen) atoms. The minimum atomic E-state index is -0.281. The molecule has 0 fully saturated rings. The van der Waals surface area contributed by atoms with Crippen LogP contribution in [0.2, 0.25) is 0 Å². The summed E-state index contributed by atoms with van der Waals surface area (Å²) in [5.41, 5.74) is 2.76. The third kappa shape index (κ3) is 2.86. The van der Waals surface area contributed by atoms with E-state index in [0.717, 1.165) is 34.8 Å². The molecule has 0 bridgehead atoms. The summed E-state index contributed by atoms with van der Waals surface area (Å²) in [6.45, 7) is 1.72. The van der Waals surface area contributed by atoms with Gasteiger partial charge in [-0.3, -0.25) is 0 Å². The molecule has 0 saturated heterocycles. The maximum Gasteiger partial charge on any atom is 0.336 e. The summed E-state index contributed by atoms with van der Waals surface area (Å²) >= 11 is 1.72. The van der Waals surface area contributed by atoms with Crippen LogP contribution < -0.4 is 10.5 Å². The zero-order chi connectivity index (χ0) is 16.5. The average molecular weight is 336 g/mol. The first-order chi connectivity index (χ1) is 11.7. The van der Waals surface area contributed by atoms with E-state index < -0.39 is 0 Å². The van der Waals surface area contributed by atoms with Gasteiger partial charge >= 0.3 is 5.63 Å². The van der Waals surface area contributed by atoms with Gasteiger partial charge in [-0.15, -0.1) is 0 Å². The number of hydrogen-bond acceptors (Lipinski definition) is 3. The van der Waals surface area contributed by atoms with Crippen LogP contribution in [-0.2, 0) is 13.1 Å². The molecule has 0 aliphatic heterocycles. The normalized spacial score (nSPS) is 12.7. The molecule has 4 aromatic rings. The van der Waals surface area contributed by atoms with E-state index in [2.05, 4.69) is 36.0 Å². The van der Waals surface area contributed by atoms with Gasteiger partial charge in [-0.1, -0.05) is 30.3 Å². The molecule has 0 aliphatic rings. The van der Waals surface area contributed by atoms with Crippen LogP contribution in [0.4, 0.5) is 0 Å². The Morgan fingerprint density at radius 2 is 1.96 bits per heavy atom. The molecular weight excluding hydrogens is 318 g/mol. The van der Waals surface area contributed by atoms with E-state index in [0.29, 0.717) is 5.58 Å². The predicted octanol–water partition coefficient (Wildman–Crippen LogP) is 3.22. The van der Waals surface area contributed by atoms with Crippen molar-refractivity contribution in [3.63, 3.8) is 0 Å². The van der Waals surface area contributed by atoms with Crippen LogP contribution in [0.5, 0.6) is 0 Å². The smallest absolute Gasteiger partial charge is 0.336 e. The van der Waals surface area contributed by atoms with Crippen LogP contribution in [0.1, 0.15) is 11.1 Å². The Morgan fingerprint density at radius 3 is 2.79 bits per heavy atom. The van der Waals surface area contributed by atoms with Crippen LogP contribution in [0.25, 0.3) is 21.7 Å². The Bertz CT molecular complexity index is 1050. The Morgan fingerprint density at radius 1 is 1.08 bits per heavy atom. The zero-order valence-corrected chi connectivity index (χ0v) is 14.2. The average Bonchev–Trinajstić information content (AvgIpc) is 3.07. The highest BCUT2D eigenvalue weighted by molar-refractivity contribution is 7.07. The highest BCUT2D eigenvalue weighted by Crippen LogP contribution is 2.27. The number of rotatable bonds is 4. The third-order valence-electron chi connectivity index (χ3n) is 4.29. The van der Waals surface area contributed by atoms with Crippen molar-refractivity contribution in [1.82, 2.24) is 0 Å². The fourth-order valence-electron chi connectivity index (χ4n) is 3.29. The van der Waals surface area contributed by atoms with Crippen LogP contribution >= 0.6 is 11.3 Å². The van der Waals surface area contributed by atoms with Crippen molar-refractivity contribution in [3.05, 3.63) is 80.8 Å². The van der Waals surface area contributed by atoms with Gasteiger partial charge in [0.15, 0.2) is 0 Å². The van der Waals surface area contributed by atoms with Crippen molar-refractivity contribution in [2.45, 2.75) is 13.1 Å². The third-order valence-corrected chi connectivity index (χ3v) is 5.02. The van der Waals surface area contributed by atoms with Gasteiger partial charge < -0.3 is 9.32 Å². The van der Waals surface area contributed by atoms with Crippen molar-refractivity contribution in [3.8, 4) is 0 Å². The van der Waals surface area contributed by atoms with Crippen molar-refractivity contribution >= 4 is 33.1 Å². The van der Waals surface area contributed by atoms with E-state index in [1.54, 1.807) is 17.4 Å². The molecule has 1 N–H and O–H groups in total. The lowest BCUT2D eigenvalue weighted by molar-refractivity contribution is -0.907. The molecule has 2 heterocycles. The Kier molecular flexibility index (Phi) is 3.92. The predicted molar refractivity (Wildman–Crippen MR) is 98.6 cm³/mol. The lowest BCUT2D eigenvalue weighted by Crippen LogP contribution is -3.06. The largest absolute Gasteiger partial charge is 0.423 e. The zero-order valence-electron chi connectivity index (χ0n) is 13.4. The quantitative estimate of drug-likeness (QED) is 0.459. The first-order valence-electron chi connectivity index (χ1n) is 7.97. The second kappa shape index (κ2) is 6.23. The maximum absolute atomic E-state index is 12.0. The summed E-state index contributed by atoms with van der Waals surface area (Å²) in [5.74, 6) is 0. The van der Waals surface area contributed by atoms with E-state index in [1.165, 1.54) is 10.5 Å². The van der Waals surface area contributed by atoms with E-state index in [9.17, 15) is 4.79 Å². The minimum Gasteiger partial charge on any atom is -0.423 e. The molecule has 0 saturated carbocycles. The lowest BCUT2D eigenvalue weighted by Gasteiger charge is -2.15. The van der Waals surface area contributed by atoms with Gasteiger partial charge in [-0.25, -0.2) is 4.79 Å². The van der Waals surface area contributed by atoms with Crippen LogP contribution in [0.15, 0.2) is 68.5 Å². The summed E-state index contributed by atoms with van der Waals surface area (Å²) < 4.78 is 5.43. The summed E-state index contributed by atoms with van der Waals surface area (Å²) in [7, 11) is 2.16. The fourth-order valence-corrected chi connectivity index (χ4v) is 3.96. The molecule has 3 nitrogen and oxygen atoms in total.